The molecule has 1 aliphatic rings. The second kappa shape index (κ2) is 10.4. The van der Waals surface area contributed by atoms with Crippen LogP contribution in [0.4, 0.5) is 16.1 Å². The van der Waals surface area contributed by atoms with Crippen molar-refractivity contribution in [1.29, 1.82) is 0 Å². The Kier molecular flexibility index (Phi) is 7.09. The van der Waals surface area contributed by atoms with Crippen molar-refractivity contribution in [3.8, 4) is 0 Å². The molecular formula is C25H22ClFN4O5S. The normalized spacial score (nSPS) is 17.4. The van der Waals surface area contributed by atoms with Gasteiger partial charge in [0.2, 0.25) is 5.91 Å². The van der Waals surface area contributed by atoms with E-state index in [4.69, 9.17) is 21.1 Å². The van der Waals surface area contributed by atoms with E-state index in [1.807, 2.05) is 12.1 Å². The molecule has 0 radical (unpaired) electrons. The Balaban J connectivity index is 1.30. The zero-order valence-electron chi connectivity index (χ0n) is 19.4. The number of halogens is 2. The van der Waals surface area contributed by atoms with Crippen LogP contribution in [0.15, 0.2) is 47.0 Å². The molecule has 4 aromatic rings. The highest BCUT2D eigenvalue weighted by Gasteiger charge is 2.39. The van der Waals surface area contributed by atoms with Gasteiger partial charge in [0.1, 0.15) is 22.4 Å². The fourth-order valence-corrected chi connectivity index (χ4v) is 5.61. The third-order valence-corrected chi connectivity index (χ3v) is 7.55. The number of oxazole rings is 1. The number of hydrogen-bond donors (Lipinski definition) is 3. The number of rotatable bonds is 8. The first-order chi connectivity index (χ1) is 17.8. The van der Waals surface area contributed by atoms with E-state index < -0.39 is 23.9 Å². The number of para-hydroxylation sites is 2. The standard InChI is InChI=1S/C25H22ClFN4O5S/c26-15-9-13(16(27)11-18(15)30-25-29-17-3-1-2-4-20(17)36-25)10-21(33)31-8-7-19(32)23(31)24-28-12-14(37-24)5-6-22(34)35/h1-4,9,11-12,19,23,32H,5-8,10H2,(H,29,30)(H,34,35)/t19-,23-/m0/s1. The molecule has 37 heavy (non-hydrogen) atoms. The number of anilines is 2. The lowest BCUT2D eigenvalue weighted by Gasteiger charge is -2.25. The number of benzene rings is 2. The molecule has 0 bridgehead atoms. The van der Waals surface area contributed by atoms with Crippen molar-refractivity contribution in [1.82, 2.24) is 14.9 Å². The van der Waals surface area contributed by atoms with Gasteiger partial charge in [-0.2, -0.15) is 4.98 Å². The highest BCUT2D eigenvalue weighted by atomic mass is 35.5. The second-order valence-electron chi connectivity index (χ2n) is 8.66. The molecule has 3 N–H and O–H groups in total. The topological polar surface area (TPSA) is 129 Å². The molecule has 0 aliphatic carbocycles. The number of aliphatic hydroxyl groups is 1. The molecule has 1 amide bonds. The Morgan fingerprint density at radius 2 is 2.11 bits per heavy atom. The molecule has 2 aromatic heterocycles. The van der Waals surface area contributed by atoms with Crippen molar-refractivity contribution >= 4 is 57.6 Å². The molecule has 1 saturated heterocycles. The first-order valence-corrected chi connectivity index (χ1v) is 12.7. The molecule has 1 aliphatic heterocycles. The predicted octanol–water partition coefficient (Wildman–Crippen LogP) is 4.71. The number of nitrogens with one attached hydrogen (secondary N) is 1. The van der Waals surface area contributed by atoms with Gasteiger partial charge in [-0.25, -0.2) is 9.37 Å². The van der Waals surface area contributed by atoms with Crippen LogP contribution in [0.5, 0.6) is 0 Å². The lowest BCUT2D eigenvalue weighted by Crippen LogP contribution is -2.34. The minimum atomic E-state index is -0.914. The SMILES string of the molecule is O=C(O)CCc1cnc([C@@H]2[C@@H](O)CCN2C(=O)Cc2cc(Cl)c(Nc3nc4ccccc4o3)cc2F)s1. The van der Waals surface area contributed by atoms with Crippen LogP contribution < -0.4 is 5.32 Å². The minimum Gasteiger partial charge on any atom is -0.481 e. The number of aliphatic carboxylic acids is 1. The number of carbonyl (C=O) groups excluding carboxylic acids is 1. The molecule has 2 atom stereocenters. The molecular weight excluding hydrogens is 523 g/mol. The second-order valence-corrected chi connectivity index (χ2v) is 10.2. The van der Waals surface area contributed by atoms with E-state index in [0.717, 1.165) is 4.88 Å². The fourth-order valence-electron chi connectivity index (χ4n) is 4.28. The lowest BCUT2D eigenvalue weighted by atomic mass is 10.1. The molecule has 0 unspecified atom stereocenters. The summed E-state index contributed by atoms with van der Waals surface area (Å²) >= 11 is 7.65. The molecule has 5 rings (SSSR count). The first-order valence-electron chi connectivity index (χ1n) is 11.5. The quantitative estimate of drug-likeness (QED) is 0.291. The number of amides is 1. The van der Waals surface area contributed by atoms with Gasteiger partial charge in [0.05, 0.1) is 29.7 Å². The van der Waals surface area contributed by atoms with E-state index in [0.29, 0.717) is 35.5 Å². The van der Waals surface area contributed by atoms with Crippen LogP contribution in [-0.4, -0.2) is 49.6 Å². The number of thiazole rings is 1. The molecule has 3 heterocycles. The maximum atomic E-state index is 15.0. The third kappa shape index (κ3) is 5.43. The first kappa shape index (κ1) is 25.1. The Bertz CT molecular complexity index is 1440. The monoisotopic (exact) mass is 544 g/mol. The number of aromatic nitrogens is 2. The molecule has 192 valence electrons. The Hall–Kier alpha value is -3.54. The van der Waals surface area contributed by atoms with Crippen molar-refractivity contribution in [2.75, 3.05) is 11.9 Å². The zero-order chi connectivity index (χ0) is 26.1. The Morgan fingerprint density at radius 3 is 2.89 bits per heavy atom. The van der Waals surface area contributed by atoms with Crippen molar-refractivity contribution < 1.29 is 28.6 Å². The summed E-state index contributed by atoms with van der Waals surface area (Å²) in [5.74, 6) is -1.92. The van der Waals surface area contributed by atoms with Crippen LogP contribution in [-0.2, 0) is 22.4 Å². The van der Waals surface area contributed by atoms with Gasteiger partial charge in [0, 0.05) is 17.6 Å². The van der Waals surface area contributed by atoms with Gasteiger partial charge in [-0.1, -0.05) is 23.7 Å². The van der Waals surface area contributed by atoms with Gasteiger partial charge in [0.15, 0.2) is 5.58 Å². The maximum absolute atomic E-state index is 15.0. The van der Waals surface area contributed by atoms with E-state index in [1.165, 1.54) is 28.4 Å². The van der Waals surface area contributed by atoms with Crippen LogP contribution in [0.2, 0.25) is 5.02 Å². The van der Waals surface area contributed by atoms with Gasteiger partial charge < -0.3 is 24.8 Å². The molecule has 1 fully saturated rings. The number of carboxylic acid groups (broad SMARTS) is 1. The van der Waals surface area contributed by atoms with Crippen molar-refractivity contribution in [2.45, 2.75) is 37.8 Å². The van der Waals surface area contributed by atoms with Gasteiger partial charge in [-0.05, 0) is 42.7 Å². The average molecular weight is 545 g/mol. The summed E-state index contributed by atoms with van der Waals surface area (Å²) in [6.45, 7) is 0.293. The highest BCUT2D eigenvalue weighted by Crippen LogP contribution is 2.36. The van der Waals surface area contributed by atoms with Gasteiger partial charge >= 0.3 is 5.97 Å². The number of hydrogen-bond acceptors (Lipinski definition) is 8. The van der Waals surface area contributed by atoms with Crippen LogP contribution in [0, 0.1) is 5.82 Å². The van der Waals surface area contributed by atoms with Crippen LogP contribution in [0.1, 0.15) is 34.3 Å². The Morgan fingerprint density at radius 1 is 1.30 bits per heavy atom. The van der Waals surface area contributed by atoms with Crippen molar-refractivity contribution in [3.05, 3.63) is 68.9 Å². The smallest absolute Gasteiger partial charge is 0.303 e. The summed E-state index contributed by atoms with van der Waals surface area (Å²) in [7, 11) is 0. The number of likely N-dealkylation sites (tertiary alicyclic amines) is 1. The van der Waals surface area contributed by atoms with Crippen LogP contribution >= 0.6 is 22.9 Å². The van der Waals surface area contributed by atoms with E-state index in [9.17, 15) is 14.7 Å². The number of nitrogens with zero attached hydrogens (tertiary/aromatic N) is 3. The van der Waals surface area contributed by atoms with Gasteiger partial charge in [0.25, 0.3) is 6.01 Å². The van der Waals surface area contributed by atoms with E-state index in [-0.39, 0.29) is 41.0 Å². The van der Waals surface area contributed by atoms with E-state index in [1.54, 1.807) is 18.3 Å². The number of carboxylic acids is 1. The number of fused-ring (bicyclic) bond motifs is 1. The van der Waals surface area contributed by atoms with E-state index >= 15 is 4.39 Å². The molecule has 0 saturated carbocycles. The van der Waals surface area contributed by atoms with Gasteiger partial charge in [-0.15, -0.1) is 11.3 Å². The maximum Gasteiger partial charge on any atom is 0.303 e. The summed E-state index contributed by atoms with van der Waals surface area (Å²) in [4.78, 5) is 34.9. The summed E-state index contributed by atoms with van der Waals surface area (Å²) in [6, 6.07) is 9.24. The van der Waals surface area contributed by atoms with E-state index in [2.05, 4.69) is 15.3 Å². The summed E-state index contributed by atoms with van der Waals surface area (Å²) in [5, 5.41) is 23.0. The Labute approximate surface area is 219 Å². The lowest BCUT2D eigenvalue weighted by molar-refractivity contribution is -0.137. The van der Waals surface area contributed by atoms with Crippen molar-refractivity contribution in [2.24, 2.45) is 0 Å². The van der Waals surface area contributed by atoms with Crippen LogP contribution in [0.25, 0.3) is 11.1 Å². The predicted molar refractivity (Wildman–Crippen MR) is 136 cm³/mol. The summed E-state index contributed by atoms with van der Waals surface area (Å²) in [6.07, 6.45) is 1.13. The third-order valence-electron chi connectivity index (χ3n) is 6.11. The summed E-state index contributed by atoms with van der Waals surface area (Å²) < 4.78 is 20.6. The van der Waals surface area contributed by atoms with Crippen LogP contribution in [0.3, 0.4) is 0 Å². The molecule has 0 spiro atoms. The zero-order valence-corrected chi connectivity index (χ0v) is 20.9. The number of carbonyl (C=O) groups is 2. The number of aliphatic hydroxyl groups excluding tert-OH is 1. The minimum absolute atomic E-state index is 0.0329. The largest absolute Gasteiger partial charge is 0.481 e. The van der Waals surface area contributed by atoms with Gasteiger partial charge in [-0.3, -0.25) is 9.59 Å². The summed E-state index contributed by atoms with van der Waals surface area (Å²) in [5.41, 5.74) is 1.56. The highest BCUT2D eigenvalue weighted by molar-refractivity contribution is 7.11. The fraction of sp³-hybridized carbons (Fsp3) is 0.280. The molecule has 9 nitrogen and oxygen atoms in total. The average Bonchev–Trinajstić information content (AvgIpc) is 3.58. The molecule has 12 heteroatoms. The number of aryl methyl sites for hydroxylation is 1. The van der Waals surface area contributed by atoms with Crippen molar-refractivity contribution in [3.63, 3.8) is 0 Å². The molecule has 2 aromatic carbocycles.